The van der Waals surface area contributed by atoms with Gasteiger partial charge in [0.15, 0.2) is 4.90 Å². The minimum absolute atomic E-state index is 0.0680. The zero-order valence-electron chi connectivity index (χ0n) is 16.8. The van der Waals surface area contributed by atoms with E-state index in [0.29, 0.717) is 0 Å². The second-order valence-corrected chi connectivity index (χ2v) is 9.63. The largest absolute Gasteiger partial charge is 0.495 e. The summed E-state index contributed by atoms with van der Waals surface area (Å²) in [6.07, 6.45) is 0. The lowest BCUT2D eigenvalue weighted by molar-refractivity contribution is 0.416. The fourth-order valence-corrected chi connectivity index (χ4v) is 5.10. The smallest absolute Gasteiger partial charge is 0.267 e. The summed E-state index contributed by atoms with van der Waals surface area (Å²) in [6.45, 7) is 0. The molecule has 0 spiro atoms. The predicted molar refractivity (Wildman–Crippen MR) is 114 cm³/mol. The zero-order valence-corrected chi connectivity index (χ0v) is 18.4. The lowest BCUT2D eigenvalue weighted by Gasteiger charge is -2.15. The molecule has 3 rings (SSSR count). The van der Waals surface area contributed by atoms with Crippen molar-refractivity contribution in [3.05, 3.63) is 72.3 Å². The van der Waals surface area contributed by atoms with E-state index in [9.17, 15) is 25.6 Å². The number of rotatable bonds is 8. The van der Waals surface area contributed by atoms with E-state index in [1.54, 1.807) is 18.2 Å². The summed E-state index contributed by atoms with van der Waals surface area (Å²) in [5.74, 6) is -2.42. The van der Waals surface area contributed by atoms with Crippen LogP contribution >= 0.6 is 0 Å². The second kappa shape index (κ2) is 9.01. The zero-order chi connectivity index (χ0) is 23.5. The first-order valence-corrected chi connectivity index (χ1v) is 11.9. The maximum Gasteiger partial charge on any atom is 0.267 e. The quantitative estimate of drug-likeness (QED) is 0.506. The highest BCUT2D eigenvalue weighted by Gasteiger charge is 2.26. The normalized spacial score (nSPS) is 11.6. The van der Waals surface area contributed by atoms with Gasteiger partial charge < -0.3 is 9.47 Å². The van der Waals surface area contributed by atoms with Gasteiger partial charge in [0.2, 0.25) is 0 Å². The molecule has 32 heavy (non-hydrogen) atoms. The number of hydrogen-bond donors (Lipinski definition) is 2. The van der Waals surface area contributed by atoms with Crippen molar-refractivity contribution in [3.63, 3.8) is 0 Å². The van der Waals surface area contributed by atoms with E-state index in [0.717, 1.165) is 24.3 Å². The van der Waals surface area contributed by atoms with Gasteiger partial charge in [0.25, 0.3) is 20.0 Å². The summed E-state index contributed by atoms with van der Waals surface area (Å²) in [5, 5.41) is 0. The number of halogens is 2. The monoisotopic (exact) mass is 484 g/mol. The van der Waals surface area contributed by atoms with E-state index in [-0.39, 0.29) is 27.8 Å². The van der Waals surface area contributed by atoms with Crippen LogP contribution < -0.4 is 18.9 Å². The van der Waals surface area contributed by atoms with Gasteiger partial charge in [-0.05, 0) is 42.5 Å². The highest BCUT2D eigenvalue weighted by molar-refractivity contribution is 7.93. The van der Waals surface area contributed by atoms with Gasteiger partial charge in [0.05, 0.1) is 30.5 Å². The van der Waals surface area contributed by atoms with Crippen molar-refractivity contribution in [3.8, 4) is 11.5 Å². The SMILES string of the molecule is COc1ccccc1NS(=O)(=O)c1ccc(OC)c(NS(=O)(=O)c2c(F)cccc2F)c1. The summed E-state index contributed by atoms with van der Waals surface area (Å²) < 4.78 is 93.5. The van der Waals surface area contributed by atoms with E-state index < -0.39 is 36.6 Å². The Morgan fingerprint density at radius 1 is 0.688 bits per heavy atom. The minimum atomic E-state index is -4.75. The third kappa shape index (κ3) is 4.75. The van der Waals surface area contributed by atoms with E-state index in [2.05, 4.69) is 4.72 Å². The molecule has 3 aromatic carbocycles. The van der Waals surface area contributed by atoms with E-state index in [1.165, 1.54) is 32.4 Å². The average Bonchev–Trinajstić information content (AvgIpc) is 2.73. The molecule has 12 heteroatoms. The van der Waals surface area contributed by atoms with E-state index in [1.807, 2.05) is 4.72 Å². The fourth-order valence-electron chi connectivity index (χ4n) is 2.80. The van der Waals surface area contributed by atoms with Crippen LogP contribution in [0.2, 0.25) is 0 Å². The van der Waals surface area contributed by atoms with Crippen LogP contribution in [0.5, 0.6) is 11.5 Å². The second-order valence-electron chi connectivity index (χ2n) is 6.32. The van der Waals surface area contributed by atoms with Crippen LogP contribution in [0.3, 0.4) is 0 Å². The topological polar surface area (TPSA) is 111 Å². The molecule has 0 aliphatic heterocycles. The van der Waals surface area contributed by atoms with Gasteiger partial charge in [-0.3, -0.25) is 9.44 Å². The molecule has 0 atom stereocenters. The van der Waals surface area contributed by atoms with Gasteiger partial charge in [-0.15, -0.1) is 0 Å². The molecule has 0 saturated heterocycles. The van der Waals surface area contributed by atoms with Crippen molar-refractivity contribution >= 4 is 31.4 Å². The number of para-hydroxylation sites is 2. The van der Waals surface area contributed by atoms with Crippen molar-refractivity contribution < 1.29 is 35.1 Å². The first-order chi connectivity index (χ1) is 15.1. The van der Waals surface area contributed by atoms with Gasteiger partial charge in [-0.25, -0.2) is 25.6 Å². The standard InChI is InChI=1S/C20H18F2N2O6S2/c1-29-18-9-4-3-8-16(18)23-31(25,26)13-10-11-19(30-2)17(12-13)24-32(27,28)20-14(21)6-5-7-15(20)22/h3-12,23-24H,1-2H3. The Labute approximate surface area is 183 Å². The molecule has 8 nitrogen and oxygen atoms in total. The fraction of sp³-hybridized carbons (Fsp3) is 0.100. The third-order valence-corrected chi connectivity index (χ3v) is 7.04. The van der Waals surface area contributed by atoms with E-state index >= 15 is 0 Å². The molecule has 0 amide bonds. The molecule has 0 aromatic heterocycles. The predicted octanol–water partition coefficient (Wildman–Crippen LogP) is 3.58. The van der Waals surface area contributed by atoms with Crippen molar-refractivity contribution in [2.45, 2.75) is 9.79 Å². The number of anilines is 2. The summed E-state index contributed by atoms with van der Waals surface area (Å²) in [6, 6.07) is 12.2. The van der Waals surface area contributed by atoms with Crippen LogP contribution in [-0.2, 0) is 20.0 Å². The minimum Gasteiger partial charge on any atom is -0.495 e. The van der Waals surface area contributed by atoms with Crippen LogP contribution in [0, 0.1) is 11.6 Å². The summed E-state index contributed by atoms with van der Waals surface area (Å²) >= 11 is 0. The van der Waals surface area contributed by atoms with Crippen LogP contribution in [0.15, 0.2) is 70.5 Å². The van der Waals surface area contributed by atoms with Crippen molar-refractivity contribution in [2.24, 2.45) is 0 Å². The molecule has 0 bridgehead atoms. The molecule has 2 N–H and O–H groups in total. The molecule has 170 valence electrons. The number of methoxy groups -OCH3 is 2. The number of hydrogen-bond acceptors (Lipinski definition) is 6. The third-order valence-electron chi connectivity index (χ3n) is 4.26. The molecule has 3 aromatic rings. The van der Waals surface area contributed by atoms with Crippen molar-refractivity contribution in [1.29, 1.82) is 0 Å². The molecule has 0 fully saturated rings. The molecular weight excluding hydrogens is 466 g/mol. The molecular formula is C20H18F2N2O6S2. The van der Waals surface area contributed by atoms with Gasteiger partial charge in [0.1, 0.15) is 23.1 Å². The van der Waals surface area contributed by atoms with Crippen LogP contribution in [0.1, 0.15) is 0 Å². The van der Waals surface area contributed by atoms with Crippen LogP contribution in [-0.4, -0.2) is 31.1 Å². The van der Waals surface area contributed by atoms with Gasteiger partial charge >= 0.3 is 0 Å². The van der Waals surface area contributed by atoms with Crippen molar-refractivity contribution in [1.82, 2.24) is 0 Å². The van der Waals surface area contributed by atoms with Crippen LogP contribution in [0.25, 0.3) is 0 Å². The van der Waals surface area contributed by atoms with Gasteiger partial charge in [-0.2, -0.15) is 0 Å². The maximum atomic E-state index is 14.0. The van der Waals surface area contributed by atoms with Gasteiger partial charge in [0, 0.05) is 0 Å². The Morgan fingerprint density at radius 3 is 1.88 bits per heavy atom. The Kier molecular flexibility index (Phi) is 6.55. The molecule has 0 aliphatic carbocycles. The Hall–Kier alpha value is -3.38. The molecule has 0 saturated carbocycles. The average molecular weight is 485 g/mol. The number of nitrogens with one attached hydrogen (secondary N) is 2. The molecule has 0 aliphatic rings. The van der Waals surface area contributed by atoms with E-state index in [4.69, 9.17) is 9.47 Å². The van der Waals surface area contributed by atoms with Crippen molar-refractivity contribution in [2.75, 3.05) is 23.7 Å². The Bertz CT molecular complexity index is 1340. The summed E-state index contributed by atoms with van der Waals surface area (Å²) in [4.78, 5) is -1.54. The number of sulfonamides is 2. The van der Waals surface area contributed by atoms with Gasteiger partial charge in [-0.1, -0.05) is 18.2 Å². The maximum absolute atomic E-state index is 14.0. The highest BCUT2D eigenvalue weighted by atomic mass is 32.2. The first-order valence-electron chi connectivity index (χ1n) is 8.90. The summed E-state index contributed by atoms with van der Waals surface area (Å²) in [7, 11) is -6.36. The lowest BCUT2D eigenvalue weighted by atomic mass is 10.3. The summed E-state index contributed by atoms with van der Waals surface area (Å²) in [5.41, 5.74) is -0.181. The number of ether oxygens (including phenoxy) is 2. The number of benzene rings is 3. The highest BCUT2D eigenvalue weighted by Crippen LogP contribution is 2.32. The lowest BCUT2D eigenvalue weighted by Crippen LogP contribution is -2.18. The molecule has 0 radical (unpaired) electrons. The Morgan fingerprint density at radius 2 is 1.25 bits per heavy atom. The first kappa shape index (κ1) is 23.3. The molecule has 0 unspecified atom stereocenters. The van der Waals surface area contributed by atoms with Crippen LogP contribution in [0.4, 0.5) is 20.2 Å². The Balaban J connectivity index is 2.02. The molecule has 0 heterocycles.